The summed E-state index contributed by atoms with van der Waals surface area (Å²) in [6.07, 6.45) is 3.84. The lowest BCUT2D eigenvalue weighted by Gasteiger charge is -2.12. The van der Waals surface area contributed by atoms with Crippen LogP contribution in [-0.4, -0.2) is 24.4 Å². The molecule has 0 bridgehead atoms. The molecule has 0 radical (unpaired) electrons. The summed E-state index contributed by atoms with van der Waals surface area (Å²) in [6, 6.07) is 0.167. The molecule has 2 rings (SSSR count). The molecule has 0 saturated heterocycles. The van der Waals surface area contributed by atoms with Crippen molar-refractivity contribution < 1.29 is 9.59 Å². The second-order valence-corrected chi connectivity index (χ2v) is 5.69. The zero-order chi connectivity index (χ0) is 12.4. The van der Waals surface area contributed by atoms with E-state index in [1.165, 1.54) is 6.42 Å². The maximum atomic E-state index is 11.8. The van der Waals surface area contributed by atoms with Crippen molar-refractivity contribution in [3.63, 3.8) is 0 Å². The SMILES string of the molecule is CC(C)NC(=O)CCNC(=O)C1CC2CC2C1. The van der Waals surface area contributed by atoms with E-state index in [1.54, 1.807) is 0 Å². The molecule has 0 aromatic rings. The van der Waals surface area contributed by atoms with Crippen molar-refractivity contribution >= 4 is 11.8 Å². The van der Waals surface area contributed by atoms with E-state index in [9.17, 15) is 9.59 Å². The van der Waals surface area contributed by atoms with Gasteiger partial charge in [-0.15, -0.1) is 0 Å². The molecule has 0 spiro atoms. The van der Waals surface area contributed by atoms with Gasteiger partial charge >= 0.3 is 0 Å². The minimum absolute atomic E-state index is 0.00886. The second-order valence-electron chi connectivity index (χ2n) is 5.69. The van der Waals surface area contributed by atoms with Crippen LogP contribution in [0.3, 0.4) is 0 Å². The Balaban J connectivity index is 1.58. The van der Waals surface area contributed by atoms with Gasteiger partial charge in [0.25, 0.3) is 0 Å². The summed E-state index contributed by atoms with van der Waals surface area (Å²) < 4.78 is 0. The van der Waals surface area contributed by atoms with Crippen molar-refractivity contribution in [3.05, 3.63) is 0 Å². The fourth-order valence-electron chi connectivity index (χ4n) is 2.77. The zero-order valence-corrected chi connectivity index (χ0v) is 10.7. The molecule has 96 valence electrons. The molecule has 2 unspecified atom stereocenters. The standard InChI is InChI=1S/C13H22N2O2/c1-8(2)15-12(16)3-4-14-13(17)11-6-9-5-10(9)7-11/h8-11H,3-7H2,1-2H3,(H,14,17)(H,15,16). The highest BCUT2D eigenvalue weighted by atomic mass is 16.2. The second kappa shape index (κ2) is 5.07. The highest BCUT2D eigenvalue weighted by Gasteiger charge is 2.47. The average molecular weight is 238 g/mol. The van der Waals surface area contributed by atoms with Gasteiger partial charge < -0.3 is 10.6 Å². The first kappa shape index (κ1) is 12.4. The summed E-state index contributed by atoms with van der Waals surface area (Å²) in [5.41, 5.74) is 0. The van der Waals surface area contributed by atoms with Crippen LogP contribution in [0.4, 0.5) is 0 Å². The van der Waals surface area contributed by atoms with E-state index in [0.717, 1.165) is 24.7 Å². The number of fused-ring (bicyclic) bond motifs is 1. The molecule has 0 aromatic carbocycles. The predicted molar refractivity (Wildman–Crippen MR) is 65.2 cm³/mol. The third kappa shape index (κ3) is 3.45. The Kier molecular flexibility index (Phi) is 3.69. The third-order valence-corrected chi connectivity index (χ3v) is 3.72. The Morgan fingerprint density at radius 1 is 1.18 bits per heavy atom. The van der Waals surface area contributed by atoms with Gasteiger partial charge in [-0.05, 0) is 44.9 Å². The van der Waals surface area contributed by atoms with E-state index in [4.69, 9.17) is 0 Å². The maximum absolute atomic E-state index is 11.8. The molecular weight excluding hydrogens is 216 g/mol. The van der Waals surface area contributed by atoms with Gasteiger partial charge in [0.1, 0.15) is 0 Å². The summed E-state index contributed by atoms with van der Waals surface area (Å²) in [5.74, 6) is 2.03. The quantitative estimate of drug-likeness (QED) is 0.752. The van der Waals surface area contributed by atoms with E-state index < -0.39 is 0 Å². The van der Waals surface area contributed by atoms with Crippen LogP contribution in [-0.2, 0) is 9.59 Å². The first-order valence-corrected chi connectivity index (χ1v) is 6.63. The number of amides is 2. The average Bonchev–Trinajstić information content (AvgIpc) is 2.84. The van der Waals surface area contributed by atoms with Gasteiger partial charge in [-0.25, -0.2) is 0 Å². The fourth-order valence-corrected chi connectivity index (χ4v) is 2.77. The molecule has 0 aliphatic heterocycles. The zero-order valence-electron chi connectivity index (χ0n) is 10.7. The molecule has 0 heterocycles. The Hall–Kier alpha value is -1.06. The first-order valence-electron chi connectivity index (χ1n) is 6.63. The molecule has 2 atom stereocenters. The van der Waals surface area contributed by atoms with Gasteiger partial charge in [0, 0.05) is 24.9 Å². The van der Waals surface area contributed by atoms with Crippen LogP contribution in [0.2, 0.25) is 0 Å². The predicted octanol–water partition coefficient (Wildman–Crippen LogP) is 1.06. The van der Waals surface area contributed by atoms with Crippen molar-refractivity contribution in [1.82, 2.24) is 10.6 Å². The van der Waals surface area contributed by atoms with Crippen LogP contribution in [0, 0.1) is 17.8 Å². The highest BCUT2D eigenvalue weighted by Crippen LogP contribution is 2.54. The van der Waals surface area contributed by atoms with Crippen LogP contribution >= 0.6 is 0 Å². The summed E-state index contributed by atoms with van der Waals surface area (Å²) in [7, 11) is 0. The van der Waals surface area contributed by atoms with Gasteiger partial charge in [0.2, 0.25) is 11.8 Å². The summed E-state index contributed by atoms with van der Waals surface area (Å²) in [5, 5.41) is 5.68. The Labute approximate surface area is 103 Å². The number of hydrogen-bond donors (Lipinski definition) is 2. The maximum Gasteiger partial charge on any atom is 0.223 e. The summed E-state index contributed by atoms with van der Waals surface area (Å²) >= 11 is 0. The van der Waals surface area contributed by atoms with Gasteiger partial charge in [0.15, 0.2) is 0 Å². The van der Waals surface area contributed by atoms with E-state index in [2.05, 4.69) is 10.6 Å². The van der Waals surface area contributed by atoms with Gasteiger partial charge in [0.05, 0.1) is 0 Å². The molecule has 0 aromatic heterocycles. The van der Waals surface area contributed by atoms with Crippen LogP contribution in [0.15, 0.2) is 0 Å². The molecule has 2 amide bonds. The van der Waals surface area contributed by atoms with Crippen molar-refractivity contribution in [1.29, 1.82) is 0 Å². The van der Waals surface area contributed by atoms with E-state index >= 15 is 0 Å². The molecule has 2 aliphatic rings. The van der Waals surface area contributed by atoms with Gasteiger partial charge in [-0.1, -0.05) is 0 Å². The van der Waals surface area contributed by atoms with Crippen molar-refractivity contribution in [2.24, 2.45) is 17.8 Å². The Bertz CT molecular complexity index is 305. The van der Waals surface area contributed by atoms with Crippen LogP contribution in [0.5, 0.6) is 0 Å². The van der Waals surface area contributed by atoms with Crippen molar-refractivity contribution in [2.45, 2.75) is 45.6 Å². The topological polar surface area (TPSA) is 58.2 Å². The van der Waals surface area contributed by atoms with E-state index in [-0.39, 0.29) is 23.8 Å². The Morgan fingerprint density at radius 2 is 1.82 bits per heavy atom. The number of nitrogens with one attached hydrogen (secondary N) is 2. The minimum atomic E-state index is 0.00886. The molecule has 2 N–H and O–H groups in total. The first-order chi connectivity index (χ1) is 8.06. The van der Waals surface area contributed by atoms with Crippen LogP contribution in [0.1, 0.15) is 39.5 Å². The van der Waals surface area contributed by atoms with E-state index in [0.29, 0.717) is 13.0 Å². The normalized spacial score (nSPS) is 29.9. The Morgan fingerprint density at radius 3 is 2.41 bits per heavy atom. The summed E-state index contributed by atoms with van der Waals surface area (Å²) in [6.45, 7) is 4.33. The van der Waals surface area contributed by atoms with Gasteiger partial charge in [-0.2, -0.15) is 0 Å². The number of carbonyl (C=O) groups is 2. The number of carbonyl (C=O) groups excluding carboxylic acids is 2. The fraction of sp³-hybridized carbons (Fsp3) is 0.846. The van der Waals surface area contributed by atoms with Crippen molar-refractivity contribution in [2.75, 3.05) is 6.54 Å². The molecular formula is C13H22N2O2. The monoisotopic (exact) mass is 238 g/mol. The number of hydrogen-bond acceptors (Lipinski definition) is 2. The highest BCUT2D eigenvalue weighted by molar-refractivity contribution is 5.81. The number of rotatable bonds is 5. The molecule has 2 saturated carbocycles. The molecule has 2 fully saturated rings. The molecule has 17 heavy (non-hydrogen) atoms. The minimum Gasteiger partial charge on any atom is -0.355 e. The lowest BCUT2D eigenvalue weighted by atomic mass is 10.0. The lowest BCUT2D eigenvalue weighted by Crippen LogP contribution is -2.36. The van der Waals surface area contributed by atoms with Crippen LogP contribution < -0.4 is 10.6 Å². The molecule has 4 heteroatoms. The van der Waals surface area contributed by atoms with E-state index in [1.807, 2.05) is 13.8 Å². The largest absolute Gasteiger partial charge is 0.355 e. The molecule has 2 aliphatic carbocycles. The molecule has 4 nitrogen and oxygen atoms in total. The summed E-state index contributed by atoms with van der Waals surface area (Å²) in [4.78, 5) is 23.1. The third-order valence-electron chi connectivity index (χ3n) is 3.72. The van der Waals surface area contributed by atoms with Crippen LogP contribution in [0.25, 0.3) is 0 Å². The van der Waals surface area contributed by atoms with Gasteiger partial charge in [-0.3, -0.25) is 9.59 Å². The smallest absolute Gasteiger partial charge is 0.223 e. The lowest BCUT2D eigenvalue weighted by molar-refractivity contribution is -0.125. The van der Waals surface area contributed by atoms with Crippen molar-refractivity contribution in [3.8, 4) is 0 Å².